The highest BCUT2D eigenvalue weighted by Gasteiger charge is 2.02. The van der Waals surface area contributed by atoms with Gasteiger partial charge in [0.25, 0.3) is 0 Å². The molecule has 0 aromatic heterocycles. The van der Waals surface area contributed by atoms with Crippen LogP contribution in [0.5, 0.6) is 0 Å². The fourth-order valence-electron chi connectivity index (χ4n) is 3.25. The zero-order chi connectivity index (χ0) is 36.3. The monoisotopic (exact) mass is 705 g/mol. The Bertz CT molecular complexity index is 457. The Labute approximate surface area is 275 Å². The standard InChI is InChI=1S/C9H20O2.3C6H15NO3.H3O4P/c1-2-3-4-5-6-8-11-9-7-10;3*8-4-1-7(2-5-9)3-6-10;1-5(2,3)4/h10H,2-9H2,1H3;3*8-10H,1-6H2;(H3,1,2,3,4). The van der Waals surface area contributed by atoms with Gasteiger partial charge in [0.1, 0.15) is 0 Å². The molecule has 0 aliphatic heterocycles. The van der Waals surface area contributed by atoms with Crippen LogP contribution < -0.4 is 0 Å². The number of hydrogen-bond acceptors (Lipinski definition) is 15. The molecule has 0 heterocycles. The van der Waals surface area contributed by atoms with Crippen molar-refractivity contribution in [3.63, 3.8) is 0 Å². The van der Waals surface area contributed by atoms with E-state index in [1.807, 2.05) is 0 Å². The molecule has 0 atom stereocenters. The number of nitrogens with zero attached hydrogens (tertiary/aromatic N) is 3. The van der Waals surface area contributed by atoms with Gasteiger partial charge >= 0.3 is 7.82 Å². The van der Waals surface area contributed by atoms with E-state index < -0.39 is 7.82 Å². The van der Waals surface area contributed by atoms with Crippen molar-refractivity contribution in [3.8, 4) is 0 Å². The van der Waals surface area contributed by atoms with Crippen molar-refractivity contribution >= 4 is 7.82 Å². The number of phosphoric acid groups is 1. The summed E-state index contributed by atoms with van der Waals surface area (Å²) in [7, 11) is -4.64. The van der Waals surface area contributed by atoms with Crippen LogP contribution in [-0.4, -0.2) is 219 Å². The molecule has 0 unspecified atom stereocenters. The van der Waals surface area contributed by atoms with Gasteiger partial charge < -0.3 is 70.5 Å². The second-order valence-corrected chi connectivity index (χ2v) is 10.3. The van der Waals surface area contributed by atoms with E-state index in [-0.39, 0.29) is 66.1 Å². The largest absolute Gasteiger partial charge is 0.466 e. The maximum Gasteiger partial charge on any atom is 0.466 e. The Hall–Kier alpha value is -0.450. The Morgan fingerprint density at radius 1 is 0.413 bits per heavy atom. The first-order chi connectivity index (χ1) is 22.0. The lowest BCUT2D eigenvalue weighted by molar-refractivity contribution is 0.0895. The summed E-state index contributed by atoms with van der Waals surface area (Å²) in [5, 5.41) is 84.7. The van der Waals surface area contributed by atoms with Gasteiger partial charge in [-0.3, -0.25) is 14.7 Å². The second kappa shape index (κ2) is 48.9. The van der Waals surface area contributed by atoms with Gasteiger partial charge in [0.05, 0.1) is 72.7 Å². The summed E-state index contributed by atoms with van der Waals surface area (Å²) in [6, 6.07) is 0. The molecule has 0 spiro atoms. The third-order valence-electron chi connectivity index (χ3n) is 5.37. The van der Waals surface area contributed by atoms with Gasteiger partial charge in [0.15, 0.2) is 0 Å². The Balaban J connectivity index is -0.000000155. The van der Waals surface area contributed by atoms with Crippen molar-refractivity contribution in [3.05, 3.63) is 0 Å². The molecule has 0 aliphatic rings. The third-order valence-corrected chi connectivity index (χ3v) is 5.37. The highest BCUT2D eigenvalue weighted by molar-refractivity contribution is 7.45. The molecule has 0 bridgehead atoms. The molecule has 286 valence electrons. The number of hydrogen-bond donors (Lipinski definition) is 13. The normalized spacial score (nSPS) is 10.8. The molecule has 0 aliphatic carbocycles. The van der Waals surface area contributed by atoms with Crippen LogP contribution in [-0.2, 0) is 9.30 Å². The Morgan fingerprint density at radius 2 is 0.652 bits per heavy atom. The minimum Gasteiger partial charge on any atom is -0.395 e. The molecule has 0 aromatic rings. The molecule has 18 nitrogen and oxygen atoms in total. The van der Waals surface area contributed by atoms with Crippen LogP contribution in [0.15, 0.2) is 0 Å². The van der Waals surface area contributed by atoms with E-state index in [4.69, 9.17) is 75.0 Å². The molecule has 0 saturated heterocycles. The maximum atomic E-state index is 8.88. The summed E-state index contributed by atoms with van der Waals surface area (Å²) in [6.45, 7) is 8.92. The first-order valence-electron chi connectivity index (χ1n) is 15.6. The number of unbranched alkanes of at least 4 members (excludes halogenated alkanes) is 4. The first kappa shape index (κ1) is 55.0. The number of aliphatic hydroxyl groups excluding tert-OH is 10. The summed E-state index contributed by atoms with van der Waals surface area (Å²) in [6.07, 6.45) is 6.34. The van der Waals surface area contributed by atoms with Crippen LogP contribution in [0, 0.1) is 0 Å². The van der Waals surface area contributed by atoms with Crippen LogP contribution in [0.4, 0.5) is 0 Å². The smallest absolute Gasteiger partial charge is 0.395 e. The molecular weight excluding hydrogens is 637 g/mol. The molecule has 46 heavy (non-hydrogen) atoms. The van der Waals surface area contributed by atoms with Crippen molar-refractivity contribution in [2.75, 3.05) is 138 Å². The van der Waals surface area contributed by atoms with E-state index >= 15 is 0 Å². The lowest BCUT2D eigenvalue weighted by Gasteiger charge is -2.17. The summed E-state index contributed by atoms with van der Waals surface area (Å²) in [5.41, 5.74) is 0. The van der Waals surface area contributed by atoms with Crippen LogP contribution >= 0.6 is 7.82 Å². The SMILES string of the molecule is CCCCCCCOCCO.O=P(O)(O)O.OCCN(CCO)CCO.OCCN(CCO)CCO.OCCN(CCO)CCO. The average Bonchev–Trinajstić information content (AvgIpc) is 2.98. The van der Waals surface area contributed by atoms with Gasteiger partial charge in [-0.25, -0.2) is 4.57 Å². The van der Waals surface area contributed by atoms with E-state index in [0.717, 1.165) is 13.0 Å². The summed E-state index contributed by atoms with van der Waals surface area (Å²) >= 11 is 0. The van der Waals surface area contributed by atoms with Crippen molar-refractivity contribution in [1.82, 2.24) is 14.7 Å². The van der Waals surface area contributed by atoms with Crippen LogP contribution in [0.3, 0.4) is 0 Å². The number of aliphatic hydroxyl groups is 10. The topological polar surface area (TPSA) is 299 Å². The van der Waals surface area contributed by atoms with Gasteiger partial charge in [-0.15, -0.1) is 0 Å². The second-order valence-electron chi connectivity index (χ2n) is 9.30. The maximum absolute atomic E-state index is 8.88. The zero-order valence-corrected chi connectivity index (χ0v) is 28.7. The minimum absolute atomic E-state index is 0.0694. The number of rotatable bonds is 26. The Morgan fingerprint density at radius 3 is 0.848 bits per heavy atom. The molecule has 19 heteroatoms. The molecule has 0 aromatic carbocycles. The van der Waals surface area contributed by atoms with Crippen molar-refractivity contribution < 1.29 is 75.0 Å². The average molecular weight is 706 g/mol. The summed E-state index contributed by atoms with van der Waals surface area (Å²) < 4.78 is 14.0. The molecule has 13 N–H and O–H groups in total. The van der Waals surface area contributed by atoms with Gasteiger partial charge in [0.2, 0.25) is 0 Å². The zero-order valence-electron chi connectivity index (χ0n) is 27.8. The summed E-state index contributed by atoms with van der Waals surface area (Å²) in [5.74, 6) is 0. The third kappa shape index (κ3) is 66.1. The molecule has 0 rings (SSSR count). The first-order valence-corrected chi connectivity index (χ1v) is 17.1. The lowest BCUT2D eigenvalue weighted by Crippen LogP contribution is -2.32. The quantitative estimate of drug-likeness (QED) is 0.0300. The summed E-state index contributed by atoms with van der Waals surface area (Å²) in [4.78, 5) is 26.9. The minimum atomic E-state index is -4.64. The predicted molar refractivity (Wildman–Crippen MR) is 174 cm³/mol. The molecular formula is C27H68N3O15P. The van der Waals surface area contributed by atoms with Crippen molar-refractivity contribution in [1.29, 1.82) is 0 Å². The highest BCUT2D eigenvalue weighted by Crippen LogP contribution is 2.25. The molecule has 0 amide bonds. The lowest BCUT2D eigenvalue weighted by atomic mass is 10.2. The fraction of sp³-hybridized carbons (Fsp3) is 1.00. The molecule has 0 fully saturated rings. The van der Waals surface area contributed by atoms with Gasteiger partial charge in [-0.1, -0.05) is 32.6 Å². The molecule has 0 radical (unpaired) electrons. The number of ether oxygens (including phenoxy) is 1. The van der Waals surface area contributed by atoms with Crippen molar-refractivity contribution in [2.45, 2.75) is 39.0 Å². The van der Waals surface area contributed by atoms with E-state index in [0.29, 0.717) is 65.5 Å². The van der Waals surface area contributed by atoms with Gasteiger partial charge in [-0.05, 0) is 6.42 Å². The van der Waals surface area contributed by atoms with Crippen LogP contribution in [0.1, 0.15) is 39.0 Å². The highest BCUT2D eigenvalue weighted by atomic mass is 31.2. The van der Waals surface area contributed by atoms with Crippen molar-refractivity contribution in [2.24, 2.45) is 0 Å². The molecule has 0 saturated carbocycles. The predicted octanol–water partition coefficient (Wildman–Crippen LogP) is -4.17. The fourth-order valence-corrected chi connectivity index (χ4v) is 3.25. The van der Waals surface area contributed by atoms with Gasteiger partial charge in [-0.2, -0.15) is 0 Å². The van der Waals surface area contributed by atoms with Crippen LogP contribution in [0.25, 0.3) is 0 Å². The Kier molecular flexibility index (Phi) is 58.5. The van der Waals surface area contributed by atoms with Gasteiger partial charge in [0, 0.05) is 65.5 Å². The van der Waals surface area contributed by atoms with E-state index in [1.54, 1.807) is 14.7 Å². The van der Waals surface area contributed by atoms with Crippen LogP contribution in [0.2, 0.25) is 0 Å². The van der Waals surface area contributed by atoms with E-state index in [9.17, 15) is 0 Å². The van der Waals surface area contributed by atoms with E-state index in [1.165, 1.54) is 25.7 Å². The van der Waals surface area contributed by atoms with E-state index in [2.05, 4.69) is 6.92 Å².